The molecule has 0 spiro atoms. The Morgan fingerprint density at radius 1 is 1.09 bits per heavy atom. The summed E-state index contributed by atoms with van der Waals surface area (Å²) in [5, 5.41) is 22.0. The van der Waals surface area contributed by atoms with Crippen molar-refractivity contribution in [2.75, 3.05) is 13.1 Å². The van der Waals surface area contributed by atoms with Gasteiger partial charge in [0.15, 0.2) is 0 Å². The Balaban J connectivity index is 1.20. The van der Waals surface area contributed by atoms with Gasteiger partial charge in [-0.3, -0.25) is 19.3 Å². The van der Waals surface area contributed by atoms with Crippen molar-refractivity contribution in [1.82, 2.24) is 19.7 Å². The normalized spacial score (nSPS) is 24.2. The molecule has 2 fully saturated rings. The number of nitrogens with one attached hydrogen (secondary N) is 2. The Kier molecular flexibility index (Phi) is 6.13. The molecule has 2 saturated heterocycles. The van der Waals surface area contributed by atoms with Gasteiger partial charge in [-0.2, -0.15) is 5.23 Å². The Bertz CT molecular complexity index is 1210. The van der Waals surface area contributed by atoms with Crippen LogP contribution in [-0.4, -0.2) is 56.6 Å². The van der Waals surface area contributed by atoms with Crippen molar-refractivity contribution in [2.45, 2.75) is 44.3 Å². The predicted octanol–water partition coefficient (Wildman–Crippen LogP) is 0.0982. The minimum atomic E-state index is -1.24. The van der Waals surface area contributed by atoms with E-state index in [0.29, 0.717) is 19.6 Å². The van der Waals surface area contributed by atoms with Crippen LogP contribution in [0.3, 0.4) is 0 Å². The summed E-state index contributed by atoms with van der Waals surface area (Å²) in [5.74, 6) is -0.414. The van der Waals surface area contributed by atoms with Crippen molar-refractivity contribution in [3.05, 3.63) is 69.3 Å². The highest BCUT2D eigenvalue weighted by atomic mass is 16.8. The summed E-state index contributed by atoms with van der Waals surface area (Å²) in [6.45, 7) is 1.48. The number of aromatic nitrogens is 1. The lowest BCUT2D eigenvalue weighted by molar-refractivity contribution is -0.992. The molecule has 3 aliphatic heterocycles. The summed E-state index contributed by atoms with van der Waals surface area (Å²) >= 11 is 0. The van der Waals surface area contributed by atoms with E-state index < -0.39 is 22.9 Å². The maximum Gasteiger partial charge on any atom is 0.325 e. The van der Waals surface area contributed by atoms with Crippen LogP contribution in [-0.2, 0) is 22.7 Å². The van der Waals surface area contributed by atoms with Gasteiger partial charge in [-0.15, -0.1) is 0 Å². The van der Waals surface area contributed by atoms with E-state index in [9.17, 15) is 29.6 Å². The summed E-state index contributed by atoms with van der Waals surface area (Å²) in [5.41, 5.74) is 0.859. The highest BCUT2D eigenvalue weighted by Gasteiger charge is 2.40. The van der Waals surface area contributed by atoms with Gasteiger partial charge in [0, 0.05) is 43.7 Å². The molecule has 2 aromatic rings. The number of fused-ring (bicyclic) bond motifs is 4. The van der Waals surface area contributed by atoms with Crippen molar-refractivity contribution < 1.29 is 24.8 Å². The number of hydrogen-bond donors (Lipinski definition) is 3. The molecule has 184 valence electrons. The average Bonchev–Trinajstić information content (AvgIpc) is 3.11. The van der Waals surface area contributed by atoms with Gasteiger partial charge < -0.3 is 20.0 Å². The third-order valence-electron chi connectivity index (χ3n) is 7.12. The zero-order valence-corrected chi connectivity index (χ0v) is 19.1. The van der Waals surface area contributed by atoms with Crippen LogP contribution in [0, 0.1) is 11.1 Å². The Labute approximate surface area is 201 Å². The van der Waals surface area contributed by atoms with Crippen LogP contribution in [0.5, 0.6) is 0 Å². The van der Waals surface area contributed by atoms with Crippen LogP contribution in [0.4, 0.5) is 10.5 Å². The predicted molar refractivity (Wildman–Crippen MR) is 122 cm³/mol. The summed E-state index contributed by atoms with van der Waals surface area (Å²) < 4.78 is 1.54. The summed E-state index contributed by atoms with van der Waals surface area (Å²) in [7, 11) is 0. The first kappa shape index (κ1) is 23.2. The molecule has 1 aromatic heterocycles. The number of amides is 4. The molecular formula is C24H27N5O6. The van der Waals surface area contributed by atoms with E-state index >= 15 is 0 Å². The van der Waals surface area contributed by atoms with Crippen LogP contribution < -0.4 is 16.1 Å². The molecule has 11 heteroatoms. The molecule has 4 unspecified atom stereocenters. The van der Waals surface area contributed by atoms with Gasteiger partial charge in [-0.1, -0.05) is 30.3 Å². The van der Waals surface area contributed by atoms with Crippen molar-refractivity contribution in [3.63, 3.8) is 0 Å². The van der Waals surface area contributed by atoms with Crippen LogP contribution in [0.15, 0.2) is 47.3 Å². The number of urea groups is 1. The number of nitrogens with zero attached hydrogens (tertiary/aromatic N) is 3. The second-order valence-corrected chi connectivity index (χ2v) is 9.44. The molecule has 0 aliphatic carbocycles. The SMILES string of the molecule is O=C(CCC1NC(=O)N(Cc2ccccc2)C1=O)N1CC2CC(C1)c1ccc([NH+]([O-])O)c(=O)n1C2. The van der Waals surface area contributed by atoms with Crippen LogP contribution >= 0.6 is 0 Å². The second-order valence-electron chi connectivity index (χ2n) is 9.44. The first-order valence-corrected chi connectivity index (χ1v) is 11.7. The third-order valence-corrected chi connectivity index (χ3v) is 7.12. The van der Waals surface area contributed by atoms with Gasteiger partial charge in [-0.25, -0.2) is 10.0 Å². The second kappa shape index (κ2) is 9.25. The Morgan fingerprint density at radius 2 is 1.86 bits per heavy atom. The van der Waals surface area contributed by atoms with Gasteiger partial charge >= 0.3 is 11.6 Å². The number of piperidine rings is 1. The van der Waals surface area contributed by atoms with Crippen LogP contribution in [0.25, 0.3) is 0 Å². The van der Waals surface area contributed by atoms with Crippen molar-refractivity contribution in [3.8, 4) is 0 Å². The Hall–Kier alpha value is -3.54. The molecule has 35 heavy (non-hydrogen) atoms. The van der Waals surface area contributed by atoms with Gasteiger partial charge in [0.25, 0.3) is 5.91 Å². The quantitative estimate of drug-likeness (QED) is 0.395. The molecule has 0 saturated carbocycles. The zero-order chi connectivity index (χ0) is 24.7. The van der Waals surface area contributed by atoms with E-state index in [-0.39, 0.29) is 48.7 Å². The smallest absolute Gasteiger partial charge is 0.325 e. The van der Waals surface area contributed by atoms with Gasteiger partial charge in [-0.05, 0) is 30.4 Å². The fourth-order valence-electron chi connectivity index (χ4n) is 5.43. The number of hydrogen-bond acceptors (Lipinski definition) is 6. The van der Waals surface area contributed by atoms with E-state index in [2.05, 4.69) is 5.32 Å². The molecule has 5 rings (SSSR count). The zero-order valence-electron chi connectivity index (χ0n) is 19.1. The maximum atomic E-state index is 13.0. The lowest BCUT2D eigenvalue weighted by Gasteiger charge is -2.43. The number of carbonyl (C=O) groups excluding carboxylic acids is 3. The van der Waals surface area contributed by atoms with Gasteiger partial charge in [0.2, 0.25) is 11.6 Å². The Morgan fingerprint density at radius 3 is 2.60 bits per heavy atom. The number of carbonyl (C=O) groups is 3. The molecule has 4 amide bonds. The molecule has 2 bridgehead atoms. The monoisotopic (exact) mass is 481 g/mol. The third kappa shape index (κ3) is 4.45. The number of rotatable bonds is 6. The minimum Gasteiger partial charge on any atom is -0.595 e. The van der Waals surface area contributed by atoms with E-state index in [1.165, 1.54) is 15.5 Å². The lowest BCUT2D eigenvalue weighted by atomic mass is 9.83. The summed E-state index contributed by atoms with van der Waals surface area (Å²) in [6, 6.07) is 11.1. The minimum absolute atomic E-state index is 0.0452. The van der Waals surface area contributed by atoms with E-state index in [1.54, 1.807) is 11.0 Å². The molecule has 4 heterocycles. The highest BCUT2D eigenvalue weighted by Crippen LogP contribution is 2.35. The lowest BCUT2D eigenvalue weighted by Crippen LogP contribution is -3.00. The largest absolute Gasteiger partial charge is 0.595 e. The molecule has 4 atom stereocenters. The van der Waals surface area contributed by atoms with E-state index in [0.717, 1.165) is 17.7 Å². The fraction of sp³-hybridized carbons (Fsp3) is 0.417. The van der Waals surface area contributed by atoms with Gasteiger partial charge in [0.1, 0.15) is 6.04 Å². The molecule has 3 N–H and O–H groups in total. The average molecular weight is 482 g/mol. The summed E-state index contributed by atoms with van der Waals surface area (Å²) in [6.07, 6.45) is 1.18. The highest BCUT2D eigenvalue weighted by molar-refractivity contribution is 6.04. The standard InChI is InChI=1S/C24H27N5O6/c30-21(9-6-18-22(31)28(24(33)25-18)12-15-4-2-1-3-5-15)26-11-16-10-17(14-26)19-7-8-20(29(34)35)23(32)27(19)13-16/h1-5,7-8,16-18,29,34H,6,9-14H2,(H,25,33). The number of quaternary nitrogens is 1. The van der Waals surface area contributed by atoms with E-state index in [4.69, 9.17) is 0 Å². The van der Waals surface area contributed by atoms with Crippen LogP contribution in [0.2, 0.25) is 0 Å². The van der Waals surface area contributed by atoms with Gasteiger partial charge in [0.05, 0.1) is 6.54 Å². The molecule has 0 radical (unpaired) electrons. The number of benzene rings is 1. The number of likely N-dealkylation sites (tertiary alicyclic amines) is 1. The summed E-state index contributed by atoms with van der Waals surface area (Å²) in [4.78, 5) is 53.6. The number of pyridine rings is 1. The first-order valence-electron chi connectivity index (χ1n) is 11.7. The topological polar surface area (TPSA) is 139 Å². The van der Waals surface area contributed by atoms with Crippen molar-refractivity contribution in [2.24, 2.45) is 5.92 Å². The van der Waals surface area contributed by atoms with Crippen molar-refractivity contribution >= 4 is 23.5 Å². The maximum absolute atomic E-state index is 13.0. The van der Waals surface area contributed by atoms with E-state index in [1.807, 2.05) is 30.3 Å². The molecule has 3 aliphatic rings. The van der Waals surface area contributed by atoms with Crippen molar-refractivity contribution in [1.29, 1.82) is 0 Å². The number of imide groups is 1. The van der Waals surface area contributed by atoms with Crippen LogP contribution in [0.1, 0.15) is 36.4 Å². The fourth-order valence-corrected chi connectivity index (χ4v) is 5.43. The first-order chi connectivity index (χ1) is 16.8. The molecule has 11 nitrogen and oxygen atoms in total. The molecule has 1 aromatic carbocycles. The molecular weight excluding hydrogens is 454 g/mol.